The predicted octanol–water partition coefficient (Wildman–Crippen LogP) is 4.23. The van der Waals surface area contributed by atoms with E-state index in [9.17, 15) is 9.59 Å². The molecule has 2 aromatic rings. The Morgan fingerprint density at radius 1 is 1.16 bits per heavy atom. The zero-order valence-corrected chi connectivity index (χ0v) is 18.2. The van der Waals surface area contributed by atoms with Gasteiger partial charge in [0.15, 0.2) is 18.1 Å². The first-order valence-corrected chi connectivity index (χ1v) is 10.5. The Bertz CT molecular complexity index is 951. The number of fused-ring (bicyclic) bond motifs is 1. The van der Waals surface area contributed by atoms with Gasteiger partial charge in [0.2, 0.25) is 0 Å². The van der Waals surface area contributed by atoms with Crippen LogP contribution in [0.3, 0.4) is 0 Å². The smallest absolute Gasteiger partial charge is 0.331 e. The molecule has 1 atom stereocenters. The number of aryl methyl sites for hydroxylation is 1. The van der Waals surface area contributed by atoms with Crippen LogP contribution in [-0.2, 0) is 20.7 Å². The van der Waals surface area contributed by atoms with Gasteiger partial charge in [-0.05, 0) is 68.0 Å². The van der Waals surface area contributed by atoms with Crippen LogP contribution in [0.15, 0.2) is 48.5 Å². The standard InChI is InChI=1S/C25H29NO5/c1-17(2)31-22-13-11-18(15-23(22)29-3)12-14-25(28)30-16-24(27)26-21-10-6-8-19-7-4-5-9-20(19)21/h4-5,7,9,11-15,17,21H,6,8,10,16H2,1-3H3,(H,26,27)/b14-12+/t21-/m0/s1. The highest BCUT2D eigenvalue weighted by Crippen LogP contribution is 2.30. The van der Waals surface area contributed by atoms with E-state index in [1.807, 2.05) is 38.1 Å². The number of esters is 1. The summed E-state index contributed by atoms with van der Waals surface area (Å²) in [5, 5.41) is 2.97. The molecule has 0 aromatic heterocycles. The molecular formula is C25H29NO5. The first-order chi connectivity index (χ1) is 15.0. The van der Waals surface area contributed by atoms with Crippen LogP contribution in [0.25, 0.3) is 6.08 Å². The van der Waals surface area contributed by atoms with Gasteiger partial charge in [-0.2, -0.15) is 0 Å². The summed E-state index contributed by atoms with van der Waals surface area (Å²) in [4.78, 5) is 24.3. The lowest BCUT2D eigenvalue weighted by molar-refractivity contribution is -0.144. The van der Waals surface area contributed by atoms with Crippen LogP contribution >= 0.6 is 0 Å². The molecule has 0 saturated carbocycles. The van der Waals surface area contributed by atoms with Crippen LogP contribution in [0.2, 0.25) is 0 Å². The van der Waals surface area contributed by atoms with E-state index in [1.165, 1.54) is 11.6 Å². The number of methoxy groups -OCH3 is 1. The lowest BCUT2D eigenvalue weighted by Crippen LogP contribution is -2.34. The minimum atomic E-state index is -0.583. The van der Waals surface area contributed by atoms with E-state index in [1.54, 1.807) is 25.3 Å². The van der Waals surface area contributed by atoms with Crippen LogP contribution in [0, 0.1) is 0 Å². The minimum absolute atomic E-state index is 0.0264. The second kappa shape index (κ2) is 10.7. The molecule has 2 aromatic carbocycles. The highest BCUT2D eigenvalue weighted by molar-refractivity contribution is 5.89. The van der Waals surface area contributed by atoms with Gasteiger partial charge in [0.25, 0.3) is 5.91 Å². The summed E-state index contributed by atoms with van der Waals surface area (Å²) in [6.45, 7) is 3.56. The Labute approximate surface area is 183 Å². The largest absolute Gasteiger partial charge is 0.493 e. The normalized spacial score (nSPS) is 15.4. The van der Waals surface area contributed by atoms with Crippen LogP contribution < -0.4 is 14.8 Å². The van der Waals surface area contributed by atoms with Crippen molar-refractivity contribution >= 4 is 18.0 Å². The van der Waals surface area contributed by atoms with Gasteiger partial charge >= 0.3 is 5.97 Å². The minimum Gasteiger partial charge on any atom is -0.493 e. The predicted molar refractivity (Wildman–Crippen MR) is 119 cm³/mol. The maximum absolute atomic E-state index is 12.3. The average Bonchev–Trinajstić information content (AvgIpc) is 2.77. The van der Waals surface area contributed by atoms with E-state index in [0.717, 1.165) is 30.4 Å². The van der Waals surface area contributed by atoms with Crippen molar-refractivity contribution in [2.24, 2.45) is 0 Å². The van der Waals surface area contributed by atoms with E-state index >= 15 is 0 Å². The van der Waals surface area contributed by atoms with Gasteiger partial charge in [0, 0.05) is 6.08 Å². The molecule has 0 radical (unpaired) electrons. The zero-order valence-electron chi connectivity index (χ0n) is 18.2. The van der Waals surface area contributed by atoms with E-state index in [0.29, 0.717) is 11.5 Å². The third-order valence-electron chi connectivity index (χ3n) is 5.01. The number of nitrogens with one attached hydrogen (secondary N) is 1. The summed E-state index contributed by atoms with van der Waals surface area (Å²) in [5.74, 6) is 0.329. The lowest BCUT2D eigenvalue weighted by atomic mass is 9.88. The molecule has 6 nitrogen and oxygen atoms in total. The molecule has 0 saturated heterocycles. The van der Waals surface area contributed by atoms with Crippen LogP contribution in [0.4, 0.5) is 0 Å². The molecule has 1 amide bonds. The summed E-state index contributed by atoms with van der Waals surface area (Å²) in [6, 6.07) is 13.5. The topological polar surface area (TPSA) is 73.9 Å². The van der Waals surface area contributed by atoms with Gasteiger partial charge in [0.1, 0.15) is 0 Å². The van der Waals surface area contributed by atoms with Crippen molar-refractivity contribution in [2.45, 2.75) is 45.3 Å². The summed E-state index contributed by atoms with van der Waals surface area (Å²) in [7, 11) is 1.56. The third kappa shape index (κ3) is 6.35. The summed E-state index contributed by atoms with van der Waals surface area (Å²) in [5.41, 5.74) is 3.17. The molecule has 6 heteroatoms. The fourth-order valence-corrected chi connectivity index (χ4v) is 3.63. The zero-order chi connectivity index (χ0) is 22.2. The van der Waals surface area contributed by atoms with Gasteiger partial charge in [-0.25, -0.2) is 4.79 Å². The maximum atomic E-state index is 12.3. The van der Waals surface area contributed by atoms with Crippen molar-refractivity contribution in [1.29, 1.82) is 0 Å². The van der Waals surface area contributed by atoms with Crippen molar-refractivity contribution in [1.82, 2.24) is 5.32 Å². The summed E-state index contributed by atoms with van der Waals surface area (Å²) >= 11 is 0. The van der Waals surface area contributed by atoms with Crippen LogP contribution in [-0.4, -0.2) is 31.7 Å². The van der Waals surface area contributed by atoms with Gasteiger partial charge in [-0.15, -0.1) is 0 Å². The molecule has 31 heavy (non-hydrogen) atoms. The van der Waals surface area contributed by atoms with Crippen molar-refractivity contribution in [3.63, 3.8) is 0 Å². The monoisotopic (exact) mass is 423 g/mol. The van der Waals surface area contributed by atoms with Crippen LogP contribution in [0.1, 0.15) is 49.4 Å². The molecule has 1 aliphatic carbocycles. The second-order valence-corrected chi connectivity index (χ2v) is 7.73. The number of carbonyl (C=O) groups is 2. The number of hydrogen-bond donors (Lipinski definition) is 1. The van der Waals surface area contributed by atoms with Crippen molar-refractivity contribution < 1.29 is 23.8 Å². The number of benzene rings is 2. The molecule has 0 spiro atoms. The number of ether oxygens (including phenoxy) is 3. The highest BCUT2D eigenvalue weighted by Gasteiger charge is 2.21. The third-order valence-corrected chi connectivity index (χ3v) is 5.01. The molecule has 164 valence electrons. The Hall–Kier alpha value is -3.28. The van der Waals surface area contributed by atoms with Crippen molar-refractivity contribution in [3.05, 3.63) is 65.2 Å². The Kier molecular flexibility index (Phi) is 7.70. The van der Waals surface area contributed by atoms with E-state index in [-0.39, 0.29) is 24.7 Å². The Morgan fingerprint density at radius 3 is 2.74 bits per heavy atom. The first-order valence-electron chi connectivity index (χ1n) is 10.5. The molecule has 0 fully saturated rings. The summed E-state index contributed by atoms with van der Waals surface area (Å²) < 4.78 is 16.1. The highest BCUT2D eigenvalue weighted by atomic mass is 16.5. The Balaban J connectivity index is 1.51. The molecule has 1 N–H and O–H groups in total. The fourth-order valence-electron chi connectivity index (χ4n) is 3.63. The van der Waals surface area contributed by atoms with Gasteiger partial charge < -0.3 is 19.5 Å². The van der Waals surface area contributed by atoms with Crippen molar-refractivity contribution in [3.8, 4) is 11.5 Å². The molecule has 3 rings (SSSR count). The average molecular weight is 424 g/mol. The molecule has 1 aliphatic rings. The number of hydrogen-bond acceptors (Lipinski definition) is 5. The molecule has 0 bridgehead atoms. The van der Waals surface area contributed by atoms with E-state index < -0.39 is 5.97 Å². The number of carbonyl (C=O) groups excluding carboxylic acids is 2. The number of amides is 1. The lowest BCUT2D eigenvalue weighted by Gasteiger charge is -2.26. The summed E-state index contributed by atoms with van der Waals surface area (Å²) in [6.07, 6.45) is 5.86. The van der Waals surface area contributed by atoms with Crippen LogP contribution in [0.5, 0.6) is 11.5 Å². The van der Waals surface area contributed by atoms with E-state index in [2.05, 4.69) is 11.4 Å². The molecule has 0 unspecified atom stereocenters. The molecular weight excluding hydrogens is 394 g/mol. The Morgan fingerprint density at radius 2 is 1.97 bits per heavy atom. The second-order valence-electron chi connectivity index (χ2n) is 7.73. The van der Waals surface area contributed by atoms with Gasteiger partial charge in [-0.3, -0.25) is 4.79 Å². The van der Waals surface area contributed by atoms with Gasteiger partial charge in [0.05, 0.1) is 19.3 Å². The first kappa shape index (κ1) is 22.4. The fraction of sp³-hybridized carbons (Fsp3) is 0.360. The van der Waals surface area contributed by atoms with Gasteiger partial charge in [-0.1, -0.05) is 30.3 Å². The number of rotatable bonds is 8. The quantitative estimate of drug-likeness (QED) is 0.508. The molecule has 0 heterocycles. The SMILES string of the molecule is COc1cc(/C=C/C(=O)OCC(=O)N[C@H]2CCCc3ccccc32)ccc1OC(C)C. The van der Waals surface area contributed by atoms with Crippen molar-refractivity contribution in [2.75, 3.05) is 13.7 Å². The maximum Gasteiger partial charge on any atom is 0.331 e. The van der Waals surface area contributed by atoms with E-state index in [4.69, 9.17) is 14.2 Å². The molecule has 0 aliphatic heterocycles.